The summed E-state index contributed by atoms with van der Waals surface area (Å²) in [6.45, 7) is 1.96. The second-order valence-electron chi connectivity index (χ2n) is 3.58. The molecule has 0 fully saturated rings. The predicted molar refractivity (Wildman–Crippen MR) is 71.1 cm³/mol. The number of halogens is 1. The van der Waals surface area contributed by atoms with Crippen molar-refractivity contribution in [2.45, 2.75) is 6.92 Å². The Morgan fingerprint density at radius 2 is 1.94 bits per heavy atom. The van der Waals surface area contributed by atoms with Gasteiger partial charge in [0.15, 0.2) is 5.82 Å². The second-order valence-corrected chi connectivity index (χ2v) is 3.98. The van der Waals surface area contributed by atoms with Crippen molar-refractivity contribution in [2.75, 3.05) is 17.7 Å². The van der Waals surface area contributed by atoms with Gasteiger partial charge in [0.2, 0.25) is 0 Å². The summed E-state index contributed by atoms with van der Waals surface area (Å²) >= 11 is 6.05. The Morgan fingerprint density at radius 3 is 2.71 bits per heavy atom. The van der Waals surface area contributed by atoms with Crippen molar-refractivity contribution in [1.82, 2.24) is 9.97 Å². The third-order valence-electron chi connectivity index (χ3n) is 2.42. The molecule has 1 aromatic carbocycles. The molecule has 2 aromatic rings. The van der Waals surface area contributed by atoms with Crippen LogP contribution in [-0.4, -0.2) is 17.0 Å². The Morgan fingerprint density at radius 1 is 1.18 bits per heavy atom. The molecule has 0 saturated carbocycles. The maximum atomic E-state index is 6.05. The first kappa shape index (κ1) is 11.7. The molecule has 2 rings (SSSR count). The van der Waals surface area contributed by atoms with Crippen LogP contribution in [-0.2, 0) is 0 Å². The summed E-state index contributed by atoms with van der Waals surface area (Å²) in [6, 6.07) is 5.71. The highest BCUT2D eigenvalue weighted by molar-refractivity contribution is 6.31. The summed E-state index contributed by atoms with van der Waals surface area (Å²) in [7, 11) is 1.80. The van der Waals surface area contributed by atoms with Crippen molar-refractivity contribution in [3.05, 3.63) is 41.2 Å². The van der Waals surface area contributed by atoms with Gasteiger partial charge in [-0.25, -0.2) is 4.98 Å². The predicted octanol–water partition coefficient (Wildman–Crippen LogP) is 3.22. The fourth-order valence-electron chi connectivity index (χ4n) is 1.43. The van der Waals surface area contributed by atoms with Gasteiger partial charge in [-0.05, 0) is 24.6 Å². The molecule has 0 atom stereocenters. The lowest BCUT2D eigenvalue weighted by molar-refractivity contribution is 1.18. The summed E-state index contributed by atoms with van der Waals surface area (Å²) in [4.78, 5) is 8.41. The van der Waals surface area contributed by atoms with Gasteiger partial charge in [0.1, 0.15) is 5.82 Å². The molecule has 0 amide bonds. The van der Waals surface area contributed by atoms with Crippen molar-refractivity contribution in [3.8, 4) is 0 Å². The van der Waals surface area contributed by atoms with Crippen molar-refractivity contribution in [2.24, 2.45) is 0 Å². The van der Waals surface area contributed by atoms with E-state index in [9.17, 15) is 0 Å². The van der Waals surface area contributed by atoms with Crippen LogP contribution in [0.4, 0.5) is 17.3 Å². The molecule has 0 saturated heterocycles. The average Bonchev–Trinajstić information content (AvgIpc) is 2.35. The molecule has 0 unspecified atom stereocenters. The van der Waals surface area contributed by atoms with E-state index in [1.165, 1.54) is 0 Å². The van der Waals surface area contributed by atoms with Gasteiger partial charge in [0.25, 0.3) is 0 Å². The molecule has 4 nitrogen and oxygen atoms in total. The summed E-state index contributed by atoms with van der Waals surface area (Å²) in [6.07, 6.45) is 3.33. The zero-order valence-corrected chi connectivity index (χ0v) is 10.4. The molecule has 0 aliphatic carbocycles. The number of benzene rings is 1. The normalized spacial score (nSPS) is 10.1. The van der Waals surface area contributed by atoms with Crippen molar-refractivity contribution >= 4 is 28.9 Å². The summed E-state index contributed by atoms with van der Waals surface area (Å²) < 4.78 is 0. The molecule has 0 aliphatic rings. The van der Waals surface area contributed by atoms with E-state index in [0.717, 1.165) is 22.1 Å². The van der Waals surface area contributed by atoms with Crippen LogP contribution in [0.1, 0.15) is 5.56 Å². The molecule has 0 spiro atoms. The number of rotatable bonds is 3. The number of nitrogens with zero attached hydrogens (tertiary/aromatic N) is 2. The first-order valence-corrected chi connectivity index (χ1v) is 5.60. The van der Waals surface area contributed by atoms with Gasteiger partial charge in [0, 0.05) is 17.8 Å². The lowest BCUT2D eigenvalue weighted by Gasteiger charge is -2.10. The van der Waals surface area contributed by atoms with Gasteiger partial charge in [0.05, 0.1) is 12.4 Å². The third kappa shape index (κ3) is 2.65. The maximum Gasteiger partial charge on any atom is 0.151 e. The van der Waals surface area contributed by atoms with Gasteiger partial charge < -0.3 is 10.6 Å². The third-order valence-corrected chi connectivity index (χ3v) is 2.83. The molecule has 1 heterocycles. The monoisotopic (exact) mass is 248 g/mol. The number of anilines is 3. The SMILES string of the molecule is CNc1cncc(Nc2cccc(Cl)c2C)n1. The molecule has 17 heavy (non-hydrogen) atoms. The first-order chi connectivity index (χ1) is 8.20. The van der Waals surface area contributed by atoms with Crippen LogP contribution in [0.3, 0.4) is 0 Å². The standard InChI is InChI=1S/C12H13ClN4/c1-8-9(13)4-3-5-10(8)16-12-7-15-6-11(14-2)17-12/h3-7H,1-2H3,(H2,14,16,17). The Kier molecular flexibility index (Phi) is 3.44. The van der Waals surface area contributed by atoms with Crippen LogP contribution in [0.5, 0.6) is 0 Å². The van der Waals surface area contributed by atoms with E-state index in [4.69, 9.17) is 11.6 Å². The molecule has 5 heteroatoms. The smallest absolute Gasteiger partial charge is 0.151 e. The van der Waals surface area contributed by atoms with Gasteiger partial charge >= 0.3 is 0 Å². The Labute approximate surface area is 105 Å². The van der Waals surface area contributed by atoms with Crippen LogP contribution in [0, 0.1) is 6.92 Å². The van der Waals surface area contributed by atoms with Crippen LogP contribution in [0.15, 0.2) is 30.6 Å². The topological polar surface area (TPSA) is 49.8 Å². The summed E-state index contributed by atoms with van der Waals surface area (Å²) in [5.74, 6) is 1.40. The van der Waals surface area contributed by atoms with Crippen LogP contribution in [0.25, 0.3) is 0 Å². The van der Waals surface area contributed by atoms with Crippen LogP contribution >= 0.6 is 11.6 Å². The lowest BCUT2D eigenvalue weighted by atomic mass is 10.2. The Hall–Kier alpha value is -1.81. The zero-order valence-electron chi connectivity index (χ0n) is 9.66. The highest BCUT2D eigenvalue weighted by Crippen LogP contribution is 2.25. The molecular formula is C12H13ClN4. The molecule has 88 valence electrons. The maximum absolute atomic E-state index is 6.05. The first-order valence-electron chi connectivity index (χ1n) is 5.22. The lowest BCUT2D eigenvalue weighted by Crippen LogP contribution is -2.00. The van der Waals surface area contributed by atoms with Crippen molar-refractivity contribution in [1.29, 1.82) is 0 Å². The molecule has 0 radical (unpaired) electrons. The van der Waals surface area contributed by atoms with E-state index in [1.807, 2.05) is 25.1 Å². The fraction of sp³-hybridized carbons (Fsp3) is 0.167. The number of nitrogens with one attached hydrogen (secondary N) is 2. The minimum absolute atomic E-state index is 0.683. The van der Waals surface area contributed by atoms with E-state index in [1.54, 1.807) is 19.4 Å². The number of hydrogen-bond donors (Lipinski definition) is 2. The van der Waals surface area contributed by atoms with Crippen molar-refractivity contribution in [3.63, 3.8) is 0 Å². The second kappa shape index (κ2) is 5.01. The molecule has 0 aliphatic heterocycles. The Balaban J connectivity index is 2.28. The average molecular weight is 249 g/mol. The van der Waals surface area contributed by atoms with Gasteiger partial charge in [-0.2, -0.15) is 0 Å². The van der Waals surface area contributed by atoms with E-state index in [-0.39, 0.29) is 0 Å². The minimum Gasteiger partial charge on any atom is -0.372 e. The highest BCUT2D eigenvalue weighted by atomic mass is 35.5. The van der Waals surface area contributed by atoms with Gasteiger partial charge in [-0.3, -0.25) is 4.98 Å². The van der Waals surface area contributed by atoms with Crippen LogP contribution < -0.4 is 10.6 Å². The Bertz CT molecular complexity index is 528. The zero-order chi connectivity index (χ0) is 12.3. The van der Waals surface area contributed by atoms with E-state index in [0.29, 0.717) is 5.82 Å². The minimum atomic E-state index is 0.683. The van der Waals surface area contributed by atoms with Crippen molar-refractivity contribution < 1.29 is 0 Å². The summed E-state index contributed by atoms with van der Waals surface area (Å²) in [5, 5.41) is 6.86. The largest absolute Gasteiger partial charge is 0.372 e. The number of hydrogen-bond acceptors (Lipinski definition) is 4. The quantitative estimate of drug-likeness (QED) is 0.876. The van der Waals surface area contributed by atoms with E-state index in [2.05, 4.69) is 20.6 Å². The summed E-state index contributed by atoms with van der Waals surface area (Å²) in [5.41, 5.74) is 1.92. The molecule has 1 aromatic heterocycles. The van der Waals surface area contributed by atoms with Crippen LogP contribution in [0.2, 0.25) is 5.02 Å². The molecule has 0 bridgehead atoms. The fourth-order valence-corrected chi connectivity index (χ4v) is 1.60. The molecular weight excluding hydrogens is 236 g/mol. The van der Waals surface area contributed by atoms with E-state index >= 15 is 0 Å². The molecule has 2 N–H and O–H groups in total. The van der Waals surface area contributed by atoms with Gasteiger partial charge in [-0.15, -0.1) is 0 Å². The van der Waals surface area contributed by atoms with E-state index < -0.39 is 0 Å². The number of aromatic nitrogens is 2. The highest BCUT2D eigenvalue weighted by Gasteiger charge is 2.03. The van der Waals surface area contributed by atoms with Gasteiger partial charge in [-0.1, -0.05) is 17.7 Å².